The Hall–Kier alpha value is -7.44. The lowest BCUT2D eigenvalue weighted by molar-refractivity contribution is 0.768. The molecule has 0 fully saturated rings. The average Bonchev–Trinajstić information content (AvgIpc) is 3.84. The molecule has 0 saturated carbocycles. The molecule has 0 atom stereocenters. The highest BCUT2D eigenvalue weighted by molar-refractivity contribution is 7.26. The lowest BCUT2D eigenvalue weighted by atomic mass is 9.67. The Morgan fingerprint density at radius 1 is 0.458 bits per heavy atom. The standard InChI is InChI=1S/C57H35NS/c1-3-14-38(15-4-1)39-28-31-44(32-29-39)58(46-33-35-47-41(36-46)27-26-40-30-34-51-50-22-9-12-25-54(50)59-56(51)55(40)47)45-19-13-18-43(37-45)57(42-16-5-2-6-17-42)52-23-10-7-20-48(52)49-21-8-11-24-53(49)57/h2-3,5-37H. The first-order valence-corrected chi connectivity index (χ1v) is 21.0. The van der Waals surface area contributed by atoms with Crippen molar-refractivity contribution in [3.05, 3.63) is 252 Å². The molecule has 2 aliphatic rings. The fourth-order valence-corrected chi connectivity index (χ4v) is 11.1. The van der Waals surface area contributed by atoms with Gasteiger partial charge in [0.05, 0.1) is 5.41 Å². The summed E-state index contributed by atoms with van der Waals surface area (Å²) in [6.45, 7) is 0. The highest BCUT2D eigenvalue weighted by Crippen LogP contribution is 2.56. The van der Waals surface area contributed by atoms with E-state index in [4.69, 9.17) is 0 Å². The van der Waals surface area contributed by atoms with Crippen LogP contribution in [0.1, 0.15) is 27.8 Å². The number of allylic oxidation sites excluding steroid dienone is 4. The Bertz CT molecular complexity index is 3420. The van der Waals surface area contributed by atoms with Crippen molar-refractivity contribution >= 4 is 75.7 Å². The zero-order valence-electron chi connectivity index (χ0n) is 32.1. The van der Waals surface area contributed by atoms with Gasteiger partial charge in [0.2, 0.25) is 0 Å². The molecule has 2 aliphatic carbocycles. The zero-order chi connectivity index (χ0) is 38.9. The summed E-state index contributed by atoms with van der Waals surface area (Å²) < 4.78 is 2.67. The number of hydrogen-bond acceptors (Lipinski definition) is 2. The molecule has 0 saturated heterocycles. The second-order valence-electron chi connectivity index (χ2n) is 15.5. The molecule has 0 amide bonds. The van der Waals surface area contributed by atoms with Crippen LogP contribution in [0.15, 0.2) is 224 Å². The lowest BCUT2D eigenvalue weighted by Gasteiger charge is -2.35. The third-order valence-corrected chi connectivity index (χ3v) is 13.6. The van der Waals surface area contributed by atoms with Gasteiger partial charge in [0.1, 0.15) is 0 Å². The summed E-state index contributed by atoms with van der Waals surface area (Å²) in [5.41, 5.74) is 18.9. The Balaban J connectivity index is 1.08. The molecule has 0 N–H and O–H groups in total. The molecule has 12 rings (SSSR count). The maximum Gasteiger partial charge on any atom is 0.0714 e. The minimum Gasteiger partial charge on any atom is -0.310 e. The Morgan fingerprint density at radius 2 is 1.12 bits per heavy atom. The molecular weight excluding hydrogens is 731 g/mol. The van der Waals surface area contributed by atoms with E-state index in [1.807, 2.05) is 23.5 Å². The first-order chi connectivity index (χ1) is 29.3. The topological polar surface area (TPSA) is 3.24 Å². The van der Waals surface area contributed by atoms with E-state index in [-0.39, 0.29) is 0 Å². The summed E-state index contributed by atoms with van der Waals surface area (Å²) in [7, 11) is 0. The number of fused-ring (bicyclic) bond motifs is 10. The molecule has 1 heterocycles. The fraction of sp³-hybridized carbons (Fsp3) is 0.0175. The molecule has 2 heteroatoms. The van der Waals surface area contributed by atoms with Crippen LogP contribution in [0.4, 0.5) is 17.1 Å². The van der Waals surface area contributed by atoms with Crippen LogP contribution in [-0.2, 0) is 5.41 Å². The van der Waals surface area contributed by atoms with Crippen molar-refractivity contribution in [3.63, 3.8) is 0 Å². The summed E-state index contributed by atoms with van der Waals surface area (Å²) in [5, 5.41) is 7.73. The van der Waals surface area contributed by atoms with E-state index in [1.54, 1.807) is 0 Å². The first kappa shape index (κ1) is 33.7. The molecule has 274 valence electrons. The normalized spacial score (nSPS) is 13.6. The van der Waals surface area contributed by atoms with Crippen LogP contribution in [0.5, 0.6) is 0 Å². The van der Waals surface area contributed by atoms with Gasteiger partial charge in [-0.2, -0.15) is 0 Å². The van der Waals surface area contributed by atoms with Crippen LogP contribution in [0.2, 0.25) is 0 Å². The average molecular weight is 766 g/mol. The Morgan fingerprint density at radius 3 is 1.92 bits per heavy atom. The third-order valence-electron chi connectivity index (χ3n) is 12.4. The van der Waals surface area contributed by atoms with Gasteiger partial charge in [-0.3, -0.25) is 0 Å². The zero-order valence-corrected chi connectivity index (χ0v) is 32.9. The van der Waals surface area contributed by atoms with Gasteiger partial charge in [-0.15, -0.1) is 11.3 Å². The van der Waals surface area contributed by atoms with Crippen LogP contribution < -0.4 is 4.90 Å². The van der Waals surface area contributed by atoms with Gasteiger partial charge in [-0.05, 0) is 121 Å². The Labute approximate surface area is 347 Å². The van der Waals surface area contributed by atoms with Crippen molar-refractivity contribution in [1.82, 2.24) is 0 Å². The molecule has 0 bridgehead atoms. The molecule has 0 aliphatic heterocycles. The highest BCUT2D eigenvalue weighted by atomic mass is 32.1. The van der Waals surface area contributed by atoms with Crippen molar-refractivity contribution in [2.24, 2.45) is 0 Å². The van der Waals surface area contributed by atoms with Crippen molar-refractivity contribution in [2.75, 3.05) is 4.90 Å². The third kappa shape index (κ3) is 5.12. The van der Waals surface area contributed by atoms with E-state index in [2.05, 4.69) is 217 Å². The van der Waals surface area contributed by atoms with Crippen molar-refractivity contribution < 1.29 is 0 Å². The van der Waals surface area contributed by atoms with Gasteiger partial charge in [0.15, 0.2) is 0 Å². The molecule has 59 heavy (non-hydrogen) atoms. The number of hydrogen-bond donors (Lipinski definition) is 0. The number of nitrogens with zero attached hydrogens (tertiary/aromatic N) is 1. The smallest absolute Gasteiger partial charge is 0.0714 e. The second kappa shape index (κ2) is 13.3. The number of rotatable bonds is 6. The molecule has 0 unspecified atom stereocenters. The molecule has 0 radical (unpaired) electrons. The monoisotopic (exact) mass is 765 g/mol. The molecule has 9 aromatic carbocycles. The van der Waals surface area contributed by atoms with Gasteiger partial charge in [-0.25, -0.2) is 0 Å². The van der Waals surface area contributed by atoms with Crippen LogP contribution in [0.3, 0.4) is 0 Å². The van der Waals surface area contributed by atoms with E-state index in [1.165, 1.54) is 75.1 Å². The van der Waals surface area contributed by atoms with Crippen LogP contribution >= 0.6 is 11.3 Å². The lowest BCUT2D eigenvalue weighted by Crippen LogP contribution is -2.28. The maximum atomic E-state index is 3.13. The fourth-order valence-electron chi connectivity index (χ4n) is 9.82. The van der Waals surface area contributed by atoms with Crippen LogP contribution in [0, 0.1) is 0 Å². The van der Waals surface area contributed by atoms with E-state index in [0.29, 0.717) is 0 Å². The summed E-state index contributed by atoms with van der Waals surface area (Å²) in [4.78, 5) is 2.42. The highest BCUT2D eigenvalue weighted by Gasteiger charge is 2.46. The van der Waals surface area contributed by atoms with E-state index >= 15 is 0 Å². The molecule has 1 nitrogen and oxygen atoms in total. The van der Waals surface area contributed by atoms with Gasteiger partial charge >= 0.3 is 0 Å². The minimum atomic E-state index is -0.501. The SMILES string of the molecule is C1=C=CC(c2ccc(N(c3cccc(C4(c5ccccc5)c5ccccc5-c5ccccc54)c3)c3ccc4c(ccc5ccc6c7ccccc7sc6c54)c3)cc2)=CC=1. The van der Waals surface area contributed by atoms with Crippen molar-refractivity contribution in [3.8, 4) is 11.1 Å². The van der Waals surface area contributed by atoms with Crippen LogP contribution in [-0.4, -0.2) is 0 Å². The molecule has 1 aromatic heterocycles. The van der Waals surface area contributed by atoms with E-state index < -0.39 is 5.41 Å². The predicted molar refractivity (Wildman–Crippen MR) is 250 cm³/mol. The summed E-state index contributed by atoms with van der Waals surface area (Å²) in [6, 6.07) is 72.1. The quantitative estimate of drug-likeness (QED) is 0.120. The predicted octanol–water partition coefficient (Wildman–Crippen LogP) is 15.5. The number of anilines is 3. The largest absolute Gasteiger partial charge is 0.310 e. The van der Waals surface area contributed by atoms with Gasteiger partial charge in [0, 0.05) is 42.6 Å². The van der Waals surface area contributed by atoms with Crippen molar-refractivity contribution in [2.45, 2.75) is 5.41 Å². The first-order valence-electron chi connectivity index (χ1n) is 20.2. The van der Waals surface area contributed by atoms with Gasteiger partial charge in [-0.1, -0.05) is 163 Å². The minimum absolute atomic E-state index is 0.501. The molecular formula is C57H35NS. The second-order valence-corrected chi connectivity index (χ2v) is 16.5. The Kier molecular flexibility index (Phi) is 7.60. The van der Waals surface area contributed by atoms with Gasteiger partial charge < -0.3 is 4.90 Å². The maximum absolute atomic E-state index is 3.13. The summed E-state index contributed by atoms with van der Waals surface area (Å²) in [5.74, 6) is 0. The summed E-state index contributed by atoms with van der Waals surface area (Å²) >= 11 is 1.90. The van der Waals surface area contributed by atoms with Crippen molar-refractivity contribution in [1.29, 1.82) is 0 Å². The van der Waals surface area contributed by atoms with E-state index in [9.17, 15) is 0 Å². The number of benzene rings is 9. The van der Waals surface area contributed by atoms with Gasteiger partial charge in [0.25, 0.3) is 0 Å². The van der Waals surface area contributed by atoms with Crippen LogP contribution in [0.25, 0.3) is 58.4 Å². The number of thiophene rings is 1. The summed E-state index contributed by atoms with van der Waals surface area (Å²) in [6.07, 6.45) is 6.01. The molecule has 10 aromatic rings. The van der Waals surface area contributed by atoms with E-state index in [0.717, 1.165) is 28.2 Å². The molecule has 0 spiro atoms.